The van der Waals surface area contributed by atoms with Crippen molar-refractivity contribution in [2.75, 3.05) is 19.6 Å². The van der Waals surface area contributed by atoms with Gasteiger partial charge in [0, 0.05) is 30.9 Å². The first-order valence-corrected chi connectivity index (χ1v) is 7.55. The Bertz CT molecular complexity index is 391. The van der Waals surface area contributed by atoms with E-state index >= 15 is 0 Å². The molecular formula is C15H28N4. The van der Waals surface area contributed by atoms with Gasteiger partial charge in [-0.1, -0.05) is 6.92 Å². The maximum absolute atomic E-state index is 4.30. The molecule has 1 N–H and O–H groups in total. The van der Waals surface area contributed by atoms with Crippen molar-refractivity contribution < 1.29 is 0 Å². The first-order chi connectivity index (χ1) is 9.11. The van der Waals surface area contributed by atoms with Crippen LogP contribution in [0.25, 0.3) is 0 Å². The summed E-state index contributed by atoms with van der Waals surface area (Å²) in [6.07, 6.45) is 4.64. The predicted octanol–water partition coefficient (Wildman–Crippen LogP) is 1.94. The Kier molecular flexibility index (Phi) is 4.99. The van der Waals surface area contributed by atoms with Gasteiger partial charge in [-0.25, -0.2) is 0 Å². The minimum absolute atomic E-state index is 0.596. The monoisotopic (exact) mass is 264 g/mol. The summed E-state index contributed by atoms with van der Waals surface area (Å²) in [5.74, 6) is 0.819. The minimum atomic E-state index is 0.596. The van der Waals surface area contributed by atoms with E-state index in [9.17, 15) is 0 Å². The number of likely N-dealkylation sites (tertiary alicyclic amines) is 1. The Morgan fingerprint density at radius 3 is 2.63 bits per heavy atom. The second-order valence-electron chi connectivity index (χ2n) is 5.82. The summed E-state index contributed by atoms with van der Waals surface area (Å²) in [6, 6.07) is 0.596. The Labute approximate surface area is 117 Å². The lowest BCUT2D eigenvalue weighted by molar-refractivity contribution is 0.168. The van der Waals surface area contributed by atoms with Crippen molar-refractivity contribution in [3.63, 3.8) is 0 Å². The summed E-state index contributed by atoms with van der Waals surface area (Å²) in [4.78, 5) is 2.55. The van der Waals surface area contributed by atoms with Crippen LogP contribution in [0, 0.1) is 12.8 Å². The zero-order chi connectivity index (χ0) is 13.8. The Hall–Kier alpha value is -0.870. The first kappa shape index (κ1) is 14.5. The lowest BCUT2D eigenvalue weighted by Crippen LogP contribution is -2.41. The molecule has 4 nitrogen and oxygen atoms in total. The van der Waals surface area contributed by atoms with Gasteiger partial charge in [-0.05, 0) is 52.2 Å². The van der Waals surface area contributed by atoms with E-state index in [0.717, 1.165) is 12.5 Å². The van der Waals surface area contributed by atoms with Crippen LogP contribution in [0.1, 0.15) is 37.9 Å². The molecule has 4 heteroatoms. The van der Waals surface area contributed by atoms with Gasteiger partial charge in [0.15, 0.2) is 0 Å². The van der Waals surface area contributed by atoms with Crippen molar-refractivity contribution in [2.45, 2.75) is 46.2 Å². The molecule has 0 bridgehead atoms. The smallest absolute Gasteiger partial charge is 0.0537 e. The number of rotatable bonds is 5. The number of aryl methyl sites for hydroxylation is 1. The fraction of sp³-hybridized carbons (Fsp3) is 0.800. The van der Waals surface area contributed by atoms with Gasteiger partial charge in [0.1, 0.15) is 0 Å². The molecule has 1 aromatic rings. The van der Waals surface area contributed by atoms with Crippen LogP contribution in [0.15, 0.2) is 6.20 Å². The van der Waals surface area contributed by atoms with Gasteiger partial charge >= 0.3 is 0 Å². The third-order valence-electron chi connectivity index (χ3n) is 4.74. The summed E-state index contributed by atoms with van der Waals surface area (Å²) in [5.41, 5.74) is 2.58. The molecule has 1 atom stereocenters. The lowest BCUT2D eigenvalue weighted by Gasteiger charge is -2.34. The molecule has 0 amide bonds. The van der Waals surface area contributed by atoms with Gasteiger partial charge in [-0.3, -0.25) is 4.68 Å². The van der Waals surface area contributed by atoms with Gasteiger partial charge in [0.05, 0.1) is 6.20 Å². The number of aromatic nitrogens is 2. The predicted molar refractivity (Wildman–Crippen MR) is 79.1 cm³/mol. The molecule has 1 aliphatic heterocycles. The van der Waals surface area contributed by atoms with Crippen LogP contribution in [0.2, 0.25) is 0 Å². The van der Waals surface area contributed by atoms with Crippen LogP contribution >= 0.6 is 0 Å². The van der Waals surface area contributed by atoms with Gasteiger partial charge in [-0.15, -0.1) is 0 Å². The summed E-state index contributed by atoms with van der Waals surface area (Å²) in [7, 11) is 2.00. The highest BCUT2D eigenvalue weighted by Gasteiger charge is 2.22. The van der Waals surface area contributed by atoms with Crippen molar-refractivity contribution in [1.29, 1.82) is 0 Å². The summed E-state index contributed by atoms with van der Waals surface area (Å²) >= 11 is 0. The van der Waals surface area contributed by atoms with Crippen molar-refractivity contribution in [1.82, 2.24) is 20.0 Å². The molecule has 0 aromatic carbocycles. The number of piperidine rings is 1. The van der Waals surface area contributed by atoms with Crippen molar-refractivity contribution in [2.24, 2.45) is 13.0 Å². The molecule has 0 spiro atoms. The number of nitrogens with one attached hydrogen (secondary N) is 1. The molecule has 2 rings (SSSR count). The SMILES string of the molecule is CCN1CCC(C(C)NCc2cnn(C)c2C)CC1. The van der Waals surface area contributed by atoms with Crippen molar-refractivity contribution >= 4 is 0 Å². The van der Waals surface area contributed by atoms with Gasteiger partial charge in [0.2, 0.25) is 0 Å². The molecule has 1 saturated heterocycles. The highest BCUT2D eigenvalue weighted by atomic mass is 15.3. The number of hydrogen-bond donors (Lipinski definition) is 1. The average molecular weight is 264 g/mol. The third-order valence-corrected chi connectivity index (χ3v) is 4.74. The van der Waals surface area contributed by atoms with Gasteiger partial charge in [0.25, 0.3) is 0 Å². The molecule has 1 fully saturated rings. The second kappa shape index (κ2) is 6.53. The van der Waals surface area contributed by atoms with Crippen molar-refractivity contribution in [3.05, 3.63) is 17.5 Å². The molecule has 2 heterocycles. The number of nitrogens with zero attached hydrogens (tertiary/aromatic N) is 3. The molecule has 0 radical (unpaired) electrons. The standard InChI is InChI=1S/C15H28N4/c1-5-19-8-6-14(7-9-19)12(2)16-10-15-11-17-18(4)13(15)3/h11-12,14,16H,5-10H2,1-4H3. The highest BCUT2D eigenvalue weighted by Crippen LogP contribution is 2.20. The molecule has 19 heavy (non-hydrogen) atoms. The van der Waals surface area contributed by atoms with E-state index < -0.39 is 0 Å². The maximum Gasteiger partial charge on any atom is 0.0537 e. The van der Waals surface area contributed by atoms with Crippen LogP contribution in [0.4, 0.5) is 0 Å². The zero-order valence-corrected chi connectivity index (χ0v) is 12.8. The van der Waals surface area contributed by atoms with Crippen LogP contribution in [0.3, 0.4) is 0 Å². The quantitative estimate of drug-likeness (QED) is 0.882. The van der Waals surface area contributed by atoms with Crippen LogP contribution in [0.5, 0.6) is 0 Å². The molecule has 0 aliphatic carbocycles. The number of hydrogen-bond acceptors (Lipinski definition) is 3. The fourth-order valence-electron chi connectivity index (χ4n) is 2.92. The van der Waals surface area contributed by atoms with E-state index in [1.807, 2.05) is 17.9 Å². The first-order valence-electron chi connectivity index (χ1n) is 7.55. The van der Waals surface area contributed by atoms with E-state index in [-0.39, 0.29) is 0 Å². The van der Waals surface area contributed by atoms with Crippen LogP contribution in [-0.2, 0) is 13.6 Å². The van der Waals surface area contributed by atoms with Crippen LogP contribution in [-0.4, -0.2) is 40.4 Å². The Balaban J connectivity index is 1.78. The van der Waals surface area contributed by atoms with Gasteiger partial charge < -0.3 is 10.2 Å². The zero-order valence-electron chi connectivity index (χ0n) is 12.8. The van der Waals surface area contributed by atoms with E-state index in [1.54, 1.807) is 0 Å². The van der Waals surface area contributed by atoms with E-state index in [1.165, 1.54) is 43.7 Å². The summed E-state index contributed by atoms with van der Waals surface area (Å²) < 4.78 is 1.95. The molecule has 1 aliphatic rings. The molecule has 108 valence electrons. The highest BCUT2D eigenvalue weighted by molar-refractivity contribution is 5.15. The Morgan fingerprint density at radius 2 is 2.11 bits per heavy atom. The van der Waals surface area contributed by atoms with E-state index in [0.29, 0.717) is 6.04 Å². The largest absolute Gasteiger partial charge is 0.310 e. The second-order valence-corrected chi connectivity index (χ2v) is 5.82. The fourth-order valence-corrected chi connectivity index (χ4v) is 2.92. The van der Waals surface area contributed by atoms with E-state index in [4.69, 9.17) is 0 Å². The van der Waals surface area contributed by atoms with Crippen LogP contribution < -0.4 is 5.32 Å². The summed E-state index contributed by atoms with van der Waals surface area (Å²) in [5, 5.41) is 7.98. The summed E-state index contributed by atoms with van der Waals surface area (Å²) in [6.45, 7) is 11.4. The molecular weight excluding hydrogens is 236 g/mol. The average Bonchev–Trinajstić information content (AvgIpc) is 2.76. The molecule has 1 aromatic heterocycles. The molecule has 1 unspecified atom stereocenters. The minimum Gasteiger partial charge on any atom is -0.310 e. The van der Waals surface area contributed by atoms with Gasteiger partial charge in [-0.2, -0.15) is 5.10 Å². The van der Waals surface area contributed by atoms with Crippen molar-refractivity contribution in [3.8, 4) is 0 Å². The molecule has 0 saturated carbocycles. The normalized spacial score (nSPS) is 19.8. The van der Waals surface area contributed by atoms with E-state index in [2.05, 4.69) is 36.1 Å². The maximum atomic E-state index is 4.30. The Morgan fingerprint density at radius 1 is 1.42 bits per heavy atom. The lowest BCUT2D eigenvalue weighted by atomic mass is 9.90. The third kappa shape index (κ3) is 3.57. The topological polar surface area (TPSA) is 33.1 Å².